The summed E-state index contributed by atoms with van der Waals surface area (Å²) in [6.07, 6.45) is 0. The van der Waals surface area contributed by atoms with Crippen molar-refractivity contribution in [2.24, 2.45) is 5.73 Å². The van der Waals surface area contributed by atoms with Gasteiger partial charge in [0.2, 0.25) is 5.91 Å². The molecule has 5 heteroatoms. The smallest absolute Gasteiger partial charge is 0.257 e. The molecule has 0 aliphatic rings. The molecule has 0 radical (unpaired) electrons. The minimum absolute atomic E-state index is 0.409. The zero-order chi connectivity index (χ0) is 17.2. The minimum Gasteiger partial charge on any atom is -0.431 e. The lowest BCUT2D eigenvalue weighted by molar-refractivity contribution is -0.119. The number of primary amides is 1. The third-order valence-corrected chi connectivity index (χ3v) is 4.69. The molecule has 0 fully saturated rings. The quantitative estimate of drug-likeness (QED) is 0.702. The van der Waals surface area contributed by atoms with Crippen LogP contribution in [0.25, 0.3) is 22.6 Å². The van der Waals surface area contributed by atoms with Gasteiger partial charge in [-0.3, -0.25) is 4.79 Å². The molecule has 0 saturated heterocycles. The van der Waals surface area contributed by atoms with E-state index in [-0.39, 0.29) is 0 Å². The molecule has 0 spiro atoms. The van der Waals surface area contributed by atoms with E-state index in [9.17, 15) is 4.79 Å². The van der Waals surface area contributed by atoms with E-state index in [0.717, 1.165) is 16.8 Å². The molecule has 3 rings (SSSR count). The standard InChI is InChI=1S/C19H18N2O2S/c1-19(2,17(20)22)24-18-21-15(13-9-5-3-6-10-13)16(23-18)14-11-7-4-8-12-14/h3-12H,1-2H3,(H2,20,22). The van der Waals surface area contributed by atoms with Crippen LogP contribution in [0, 0.1) is 0 Å². The first kappa shape index (κ1) is 16.3. The van der Waals surface area contributed by atoms with Crippen molar-refractivity contribution in [2.75, 3.05) is 0 Å². The van der Waals surface area contributed by atoms with Gasteiger partial charge in [0, 0.05) is 11.1 Å². The van der Waals surface area contributed by atoms with E-state index in [0.29, 0.717) is 11.0 Å². The topological polar surface area (TPSA) is 69.1 Å². The number of oxazole rings is 1. The van der Waals surface area contributed by atoms with Crippen LogP contribution in [0.3, 0.4) is 0 Å². The monoisotopic (exact) mass is 338 g/mol. The molecule has 2 aromatic carbocycles. The number of hydrogen-bond acceptors (Lipinski definition) is 4. The Labute approximate surface area is 145 Å². The molecule has 24 heavy (non-hydrogen) atoms. The molecular weight excluding hydrogens is 320 g/mol. The number of nitrogens with two attached hydrogens (primary N) is 1. The van der Waals surface area contributed by atoms with Crippen LogP contribution in [-0.4, -0.2) is 15.6 Å². The Hall–Kier alpha value is -2.53. The van der Waals surface area contributed by atoms with Crippen LogP contribution in [-0.2, 0) is 4.79 Å². The van der Waals surface area contributed by atoms with Crippen molar-refractivity contribution in [1.82, 2.24) is 4.98 Å². The SMILES string of the molecule is CC(C)(Sc1nc(-c2ccccc2)c(-c2ccccc2)o1)C(N)=O. The summed E-state index contributed by atoms with van der Waals surface area (Å²) in [5, 5.41) is 0.427. The number of nitrogens with zero attached hydrogens (tertiary/aromatic N) is 1. The van der Waals surface area contributed by atoms with Gasteiger partial charge in [-0.25, -0.2) is 4.98 Å². The van der Waals surface area contributed by atoms with Gasteiger partial charge in [0.15, 0.2) is 5.76 Å². The van der Waals surface area contributed by atoms with Gasteiger partial charge in [-0.2, -0.15) is 0 Å². The molecule has 0 atom stereocenters. The van der Waals surface area contributed by atoms with E-state index in [1.165, 1.54) is 11.8 Å². The fourth-order valence-electron chi connectivity index (χ4n) is 2.19. The number of aromatic nitrogens is 1. The van der Waals surface area contributed by atoms with E-state index >= 15 is 0 Å². The van der Waals surface area contributed by atoms with Gasteiger partial charge in [0.05, 0.1) is 4.75 Å². The predicted octanol–water partition coefficient (Wildman–Crippen LogP) is 4.36. The summed E-state index contributed by atoms with van der Waals surface area (Å²) in [6.45, 7) is 3.52. The van der Waals surface area contributed by atoms with Crippen molar-refractivity contribution in [1.29, 1.82) is 0 Å². The first-order valence-electron chi connectivity index (χ1n) is 7.58. The summed E-state index contributed by atoms with van der Waals surface area (Å²) in [6, 6.07) is 19.6. The maximum Gasteiger partial charge on any atom is 0.257 e. The first-order valence-corrected chi connectivity index (χ1v) is 8.39. The van der Waals surface area contributed by atoms with Gasteiger partial charge < -0.3 is 10.2 Å². The fourth-order valence-corrected chi connectivity index (χ4v) is 2.99. The summed E-state index contributed by atoms with van der Waals surface area (Å²) in [5.41, 5.74) is 8.11. The van der Waals surface area contributed by atoms with Crippen LogP contribution < -0.4 is 5.73 Å². The third-order valence-electron chi connectivity index (χ3n) is 3.63. The second-order valence-corrected chi connectivity index (χ2v) is 7.44. The zero-order valence-electron chi connectivity index (χ0n) is 13.5. The summed E-state index contributed by atoms with van der Waals surface area (Å²) in [7, 11) is 0. The van der Waals surface area contributed by atoms with E-state index < -0.39 is 10.7 Å². The Kier molecular flexibility index (Phi) is 4.44. The Balaban J connectivity index is 2.08. The summed E-state index contributed by atoms with van der Waals surface area (Å²) < 4.78 is 5.19. The Morgan fingerprint density at radius 3 is 2.08 bits per heavy atom. The number of carbonyl (C=O) groups excluding carboxylic acids is 1. The lowest BCUT2D eigenvalue weighted by Gasteiger charge is -2.16. The van der Waals surface area contributed by atoms with Crippen molar-refractivity contribution in [3.05, 3.63) is 60.7 Å². The molecule has 0 aliphatic carbocycles. The lowest BCUT2D eigenvalue weighted by atomic mass is 10.1. The molecule has 3 aromatic rings. The minimum atomic E-state index is -0.799. The molecule has 0 bridgehead atoms. The van der Waals surface area contributed by atoms with Crippen LogP contribution in [0.5, 0.6) is 0 Å². The average molecular weight is 338 g/mol. The fraction of sp³-hybridized carbons (Fsp3) is 0.158. The highest BCUT2D eigenvalue weighted by Gasteiger charge is 2.30. The second kappa shape index (κ2) is 6.53. The van der Waals surface area contributed by atoms with Crippen LogP contribution in [0.1, 0.15) is 13.8 Å². The van der Waals surface area contributed by atoms with Crippen LogP contribution in [0.15, 0.2) is 70.3 Å². The summed E-state index contributed by atoms with van der Waals surface area (Å²) in [4.78, 5) is 16.2. The summed E-state index contributed by atoms with van der Waals surface area (Å²) in [5.74, 6) is 0.276. The van der Waals surface area contributed by atoms with E-state index in [1.807, 2.05) is 60.7 Å². The molecule has 1 heterocycles. The number of carbonyl (C=O) groups is 1. The van der Waals surface area contributed by atoms with E-state index in [4.69, 9.17) is 10.2 Å². The van der Waals surface area contributed by atoms with E-state index in [1.54, 1.807) is 13.8 Å². The van der Waals surface area contributed by atoms with Crippen molar-refractivity contribution >= 4 is 17.7 Å². The van der Waals surface area contributed by atoms with Gasteiger partial charge in [-0.1, -0.05) is 72.4 Å². The van der Waals surface area contributed by atoms with Crippen molar-refractivity contribution in [2.45, 2.75) is 23.8 Å². The number of benzene rings is 2. The number of hydrogen-bond donors (Lipinski definition) is 1. The average Bonchev–Trinajstić information content (AvgIpc) is 2.99. The largest absolute Gasteiger partial charge is 0.431 e. The molecule has 0 unspecified atom stereocenters. The van der Waals surface area contributed by atoms with Gasteiger partial charge in [-0.15, -0.1) is 0 Å². The zero-order valence-corrected chi connectivity index (χ0v) is 14.3. The van der Waals surface area contributed by atoms with Gasteiger partial charge in [0.1, 0.15) is 5.69 Å². The van der Waals surface area contributed by atoms with Gasteiger partial charge in [-0.05, 0) is 13.8 Å². The van der Waals surface area contributed by atoms with Gasteiger partial charge in [0.25, 0.3) is 5.22 Å². The third kappa shape index (κ3) is 3.36. The van der Waals surface area contributed by atoms with Crippen LogP contribution in [0.2, 0.25) is 0 Å². The molecular formula is C19H18N2O2S. The van der Waals surface area contributed by atoms with Crippen molar-refractivity contribution < 1.29 is 9.21 Å². The molecule has 4 nitrogen and oxygen atoms in total. The highest BCUT2D eigenvalue weighted by atomic mass is 32.2. The Morgan fingerprint density at radius 1 is 1.00 bits per heavy atom. The number of amides is 1. The predicted molar refractivity (Wildman–Crippen MR) is 96.5 cm³/mol. The second-order valence-electron chi connectivity index (χ2n) is 5.87. The van der Waals surface area contributed by atoms with E-state index in [2.05, 4.69) is 4.98 Å². The molecule has 2 N–H and O–H groups in total. The van der Waals surface area contributed by atoms with Crippen molar-refractivity contribution in [3.8, 4) is 22.6 Å². The molecule has 122 valence electrons. The maximum absolute atomic E-state index is 11.6. The lowest BCUT2D eigenvalue weighted by Crippen LogP contribution is -2.34. The highest BCUT2D eigenvalue weighted by molar-refractivity contribution is 8.01. The summed E-state index contributed by atoms with van der Waals surface area (Å²) >= 11 is 1.23. The first-order chi connectivity index (χ1) is 11.5. The molecule has 0 saturated carbocycles. The maximum atomic E-state index is 11.6. The number of thioether (sulfide) groups is 1. The molecule has 0 aliphatic heterocycles. The number of rotatable bonds is 5. The van der Waals surface area contributed by atoms with Crippen LogP contribution >= 0.6 is 11.8 Å². The van der Waals surface area contributed by atoms with Crippen molar-refractivity contribution in [3.63, 3.8) is 0 Å². The Bertz CT molecular complexity index is 785. The Morgan fingerprint density at radius 2 is 1.54 bits per heavy atom. The molecule has 1 aromatic heterocycles. The van der Waals surface area contributed by atoms with Crippen LogP contribution in [0.4, 0.5) is 0 Å². The normalized spacial score (nSPS) is 11.4. The van der Waals surface area contributed by atoms with Gasteiger partial charge >= 0.3 is 0 Å². The molecule has 1 amide bonds. The highest BCUT2D eigenvalue weighted by Crippen LogP contribution is 2.39.